The number of fused-ring (bicyclic) bond motifs is 12. The quantitative estimate of drug-likeness (QED) is 0.191. The van der Waals surface area contributed by atoms with Gasteiger partial charge in [-0.1, -0.05) is 147 Å². The van der Waals surface area contributed by atoms with Crippen LogP contribution in [0.25, 0.3) is 94.1 Å². The summed E-state index contributed by atoms with van der Waals surface area (Å²) in [6, 6.07) is 53.8. The molecule has 1 aliphatic rings. The maximum atomic E-state index is 6.77. The van der Waals surface area contributed by atoms with Crippen LogP contribution in [0, 0.1) is 0 Å². The molecule has 11 rings (SSSR count). The largest absolute Gasteiger partial charge is 0.454 e. The van der Waals surface area contributed by atoms with E-state index in [2.05, 4.69) is 164 Å². The molecule has 0 amide bonds. The van der Waals surface area contributed by atoms with Gasteiger partial charge >= 0.3 is 0 Å². The van der Waals surface area contributed by atoms with Crippen LogP contribution in [0.15, 0.2) is 156 Å². The van der Waals surface area contributed by atoms with E-state index in [9.17, 15) is 0 Å². The third-order valence-corrected chi connectivity index (χ3v) is 11.0. The van der Waals surface area contributed by atoms with E-state index in [-0.39, 0.29) is 5.41 Å². The molecule has 1 aliphatic carbocycles. The topological polar surface area (TPSA) is 43.9 Å². The summed E-state index contributed by atoms with van der Waals surface area (Å²) in [5, 5.41) is 5.48. The highest BCUT2D eigenvalue weighted by molar-refractivity contribution is 6.22. The van der Waals surface area contributed by atoms with E-state index >= 15 is 0 Å². The van der Waals surface area contributed by atoms with E-state index in [0.717, 1.165) is 65.9 Å². The Morgan fingerprint density at radius 2 is 1.14 bits per heavy atom. The minimum absolute atomic E-state index is 0.252. The standard InChI is InChI=1S/C47H31N3O/c1-47(2)38-17-9-6-14-31(38)33-24-25-34-35-26-27-36-32-15-8-11-19-40(32)51-45(36)44(35)50(43(34)41(33)47)46-48-39-18-10-7-16-37(39)42(49-46)30-22-20-29(21-23-30)28-12-4-3-5-13-28/h3-27H,1-2H3. The first-order chi connectivity index (χ1) is 25.1. The second kappa shape index (κ2) is 10.3. The molecule has 0 aliphatic heterocycles. The van der Waals surface area contributed by atoms with E-state index in [0.29, 0.717) is 5.95 Å². The van der Waals surface area contributed by atoms with Crippen LogP contribution in [-0.4, -0.2) is 14.5 Å². The van der Waals surface area contributed by atoms with Crippen LogP contribution in [0.4, 0.5) is 0 Å². The molecule has 0 N–H and O–H groups in total. The van der Waals surface area contributed by atoms with Crippen molar-refractivity contribution in [1.82, 2.24) is 14.5 Å². The maximum Gasteiger partial charge on any atom is 0.235 e. The van der Waals surface area contributed by atoms with Crippen molar-refractivity contribution in [3.05, 3.63) is 163 Å². The molecule has 0 unspecified atom stereocenters. The maximum absolute atomic E-state index is 6.77. The molecule has 4 nitrogen and oxygen atoms in total. The van der Waals surface area contributed by atoms with Crippen LogP contribution >= 0.6 is 0 Å². The SMILES string of the molecule is CC1(C)c2ccccc2-c2ccc3c4ccc5c6ccccc6oc5c4n(-c4nc(-c5ccc(-c6ccccc6)cc5)c5ccccc5n4)c3c21. The summed E-state index contributed by atoms with van der Waals surface area (Å²) in [7, 11) is 0. The summed E-state index contributed by atoms with van der Waals surface area (Å²) in [4.78, 5) is 10.9. The Balaban J connectivity index is 1.27. The summed E-state index contributed by atoms with van der Waals surface area (Å²) in [6.45, 7) is 4.69. The molecule has 0 fully saturated rings. The smallest absolute Gasteiger partial charge is 0.235 e. The molecular formula is C47H31N3O. The van der Waals surface area contributed by atoms with Crippen molar-refractivity contribution in [3.8, 4) is 39.5 Å². The van der Waals surface area contributed by atoms with Crippen molar-refractivity contribution in [2.45, 2.75) is 19.3 Å². The monoisotopic (exact) mass is 653 g/mol. The lowest BCUT2D eigenvalue weighted by molar-refractivity contribution is 0.662. The van der Waals surface area contributed by atoms with Crippen LogP contribution in [0.1, 0.15) is 25.0 Å². The van der Waals surface area contributed by atoms with Gasteiger partial charge in [-0.05, 0) is 51.6 Å². The lowest BCUT2D eigenvalue weighted by Gasteiger charge is -2.23. The van der Waals surface area contributed by atoms with E-state index in [1.165, 1.54) is 33.4 Å². The van der Waals surface area contributed by atoms with E-state index in [4.69, 9.17) is 14.4 Å². The Kier molecular flexibility index (Phi) is 5.70. The molecule has 7 aromatic carbocycles. The van der Waals surface area contributed by atoms with Crippen molar-refractivity contribution < 1.29 is 4.42 Å². The molecule has 0 saturated heterocycles. The highest BCUT2D eigenvalue weighted by atomic mass is 16.3. The molecule has 3 aromatic heterocycles. The van der Waals surface area contributed by atoms with Gasteiger partial charge in [-0.15, -0.1) is 0 Å². The zero-order valence-corrected chi connectivity index (χ0v) is 28.2. The Morgan fingerprint density at radius 1 is 0.490 bits per heavy atom. The Labute approximate surface area is 294 Å². The first-order valence-electron chi connectivity index (χ1n) is 17.5. The van der Waals surface area contributed by atoms with Gasteiger partial charge in [0.2, 0.25) is 5.95 Å². The predicted octanol–water partition coefficient (Wildman–Crippen LogP) is 12.3. The number of rotatable bonds is 3. The van der Waals surface area contributed by atoms with Gasteiger partial charge < -0.3 is 4.42 Å². The fourth-order valence-corrected chi connectivity index (χ4v) is 8.66. The van der Waals surface area contributed by atoms with E-state index in [1.54, 1.807) is 0 Å². The molecule has 10 aromatic rings. The normalized spacial score (nSPS) is 13.5. The third-order valence-electron chi connectivity index (χ3n) is 11.0. The zero-order valence-electron chi connectivity index (χ0n) is 28.2. The Hall–Kier alpha value is -6.52. The molecular weight excluding hydrogens is 623 g/mol. The summed E-state index contributed by atoms with van der Waals surface area (Å²) < 4.78 is 9.07. The molecule has 0 radical (unpaired) electrons. The number of nitrogens with zero attached hydrogens (tertiary/aromatic N) is 3. The highest BCUT2D eigenvalue weighted by Crippen LogP contribution is 2.53. The van der Waals surface area contributed by atoms with Crippen LogP contribution < -0.4 is 0 Å². The first-order valence-corrected chi connectivity index (χ1v) is 17.5. The lowest BCUT2D eigenvalue weighted by Crippen LogP contribution is -2.17. The van der Waals surface area contributed by atoms with E-state index < -0.39 is 0 Å². The average Bonchev–Trinajstić information content (AvgIpc) is 3.80. The van der Waals surface area contributed by atoms with Gasteiger partial charge in [0.1, 0.15) is 11.1 Å². The summed E-state index contributed by atoms with van der Waals surface area (Å²) in [6.07, 6.45) is 0. The van der Waals surface area contributed by atoms with Crippen molar-refractivity contribution in [1.29, 1.82) is 0 Å². The van der Waals surface area contributed by atoms with Crippen LogP contribution in [0.2, 0.25) is 0 Å². The minimum Gasteiger partial charge on any atom is -0.454 e. The average molecular weight is 654 g/mol. The van der Waals surface area contributed by atoms with Gasteiger partial charge in [-0.3, -0.25) is 4.57 Å². The molecule has 0 atom stereocenters. The third kappa shape index (κ3) is 3.90. The van der Waals surface area contributed by atoms with Gasteiger partial charge in [0.05, 0.1) is 16.7 Å². The second-order valence-corrected chi connectivity index (χ2v) is 14.2. The van der Waals surface area contributed by atoms with Crippen molar-refractivity contribution in [3.63, 3.8) is 0 Å². The number of furan rings is 1. The first kappa shape index (κ1) is 28.3. The second-order valence-electron chi connectivity index (χ2n) is 14.2. The molecule has 0 bridgehead atoms. The van der Waals surface area contributed by atoms with Gasteiger partial charge in [-0.2, -0.15) is 0 Å². The van der Waals surface area contributed by atoms with Crippen LogP contribution in [-0.2, 0) is 5.41 Å². The molecule has 3 heterocycles. The van der Waals surface area contributed by atoms with Crippen molar-refractivity contribution >= 4 is 54.6 Å². The summed E-state index contributed by atoms with van der Waals surface area (Å²) in [5.41, 5.74) is 13.9. The Morgan fingerprint density at radius 3 is 2.00 bits per heavy atom. The zero-order chi connectivity index (χ0) is 33.8. The summed E-state index contributed by atoms with van der Waals surface area (Å²) >= 11 is 0. The number of hydrogen-bond acceptors (Lipinski definition) is 3. The number of aromatic nitrogens is 3. The van der Waals surface area contributed by atoms with Crippen LogP contribution in [0.5, 0.6) is 0 Å². The summed E-state index contributed by atoms with van der Waals surface area (Å²) in [5.74, 6) is 0.629. The highest BCUT2D eigenvalue weighted by Gasteiger charge is 2.39. The number of para-hydroxylation sites is 2. The van der Waals surface area contributed by atoms with Gasteiger partial charge in [0.25, 0.3) is 0 Å². The molecule has 0 saturated carbocycles. The van der Waals surface area contributed by atoms with Crippen molar-refractivity contribution in [2.24, 2.45) is 0 Å². The molecule has 240 valence electrons. The molecule has 0 spiro atoms. The fourth-order valence-electron chi connectivity index (χ4n) is 8.66. The van der Waals surface area contributed by atoms with Crippen molar-refractivity contribution in [2.75, 3.05) is 0 Å². The fraction of sp³-hybridized carbons (Fsp3) is 0.0638. The molecule has 51 heavy (non-hydrogen) atoms. The Bertz CT molecular complexity index is 3040. The number of hydrogen-bond donors (Lipinski definition) is 0. The predicted molar refractivity (Wildman–Crippen MR) is 210 cm³/mol. The van der Waals surface area contributed by atoms with Gasteiger partial charge in [0, 0.05) is 37.9 Å². The lowest BCUT2D eigenvalue weighted by atomic mass is 9.81. The van der Waals surface area contributed by atoms with Gasteiger partial charge in [-0.25, -0.2) is 9.97 Å². The van der Waals surface area contributed by atoms with E-state index in [1.807, 2.05) is 6.07 Å². The minimum atomic E-state index is -0.252. The van der Waals surface area contributed by atoms with Gasteiger partial charge in [0.15, 0.2) is 5.58 Å². The molecule has 4 heteroatoms. The number of benzene rings is 7. The van der Waals surface area contributed by atoms with Crippen LogP contribution in [0.3, 0.4) is 0 Å².